The molecule has 0 fully saturated rings. The highest BCUT2D eigenvalue weighted by Gasteiger charge is 2.35. The summed E-state index contributed by atoms with van der Waals surface area (Å²) in [5.74, 6) is -0.765. The van der Waals surface area contributed by atoms with Gasteiger partial charge >= 0.3 is 5.97 Å². The molecule has 0 spiro atoms. The van der Waals surface area contributed by atoms with Crippen molar-refractivity contribution in [3.05, 3.63) is 98.0 Å². The van der Waals surface area contributed by atoms with Gasteiger partial charge in [0.25, 0.3) is 5.91 Å². The number of hydrogen-bond donors (Lipinski definition) is 1. The first kappa shape index (κ1) is 24.4. The number of carboxylic acid groups (broad SMARTS) is 1. The molecule has 0 saturated heterocycles. The van der Waals surface area contributed by atoms with Crippen molar-refractivity contribution in [1.82, 2.24) is 4.90 Å². The van der Waals surface area contributed by atoms with Crippen molar-refractivity contribution < 1.29 is 19.4 Å². The Hall–Kier alpha value is -2.73. The van der Waals surface area contributed by atoms with Crippen LogP contribution in [-0.2, 0) is 24.2 Å². The Morgan fingerprint density at radius 2 is 1.68 bits per heavy atom. The van der Waals surface area contributed by atoms with E-state index in [0.717, 1.165) is 16.9 Å². The van der Waals surface area contributed by atoms with Crippen LogP contribution in [0.4, 0.5) is 0 Å². The average Bonchev–Trinajstić information content (AvgIpc) is 3.11. The molecule has 1 amide bonds. The monoisotopic (exact) mass is 517 g/mol. The number of hydrogen-bond acceptors (Lipinski definition) is 3. The van der Waals surface area contributed by atoms with Gasteiger partial charge in [-0.1, -0.05) is 53.0 Å². The predicted octanol–water partition coefficient (Wildman–Crippen LogP) is 6.31. The summed E-state index contributed by atoms with van der Waals surface area (Å²) >= 11 is 18.0. The molecule has 176 valence electrons. The number of aliphatic carboxylic acids is 1. The number of carbonyl (C=O) groups excluding carboxylic acids is 1. The minimum Gasteiger partial charge on any atom is -0.487 e. The fraction of sp³-hybridized carbons (Fsp3) is 0.231. The number of ether oxygens (including phenoxy) is 1. The third-order valence-corrected chi connectivity index (χ3v) is 6.68. The Balaban J connectivity index is 1.53. The van der Waals surface area contributed by atoms with E-state index in [1.165, 1.54) is 4.90 Å². The number of halogens is 3. The molecule has 0 aliphatic carbocycles. The van der Waals surface area contributed by atoms with Crippen LogP contribution in [0.3, 0.4) is 0 Å². The normalized spacial score (nSPS) is 16.6. The fourth-order valence-electron chi connectivity index (χ4n) is 4.19. The van der Waals surface area contributed by atoms with Gasteiger partial charge in [-0.3, -0.25) is 9.59 Å². The van der Waals surface area contributed by atoms with Gasteiger partial charge in [-0.25, -0.2) is 0 Å². The van der Waals surface area contributed by atoms with Crippen molar-refractivity contribution in [2.24, 2.45) is 0 Å². The van der Waals surface area contributed by atoms with Crippen LogP contribution in [0.5, 0.6) is 5.75 Å². The van der Waals surface area contributed by atoms with E-state index in [1.54, 1.807) is 36.4 Å². The lowest BCUT2D eigenvalue weighted by Crippen LogP contribution is -2.35. The van der Waals surface area contributed by atoms with E-state index in [-0.39, 0.29) is 12.5 Å². The minimum atomic E-state index is -1.10. The van der Waals surface area contributed by atoms with E-state index in [1.807, 2.05) is 31.2 Å². The van der Waals surface area contributed by atoms with Gasteiger partial charge in [0, 0.05) is 30.0 Å². The lowest BCUT2D eigenvalue weighted by atomic mass is 9.91. The molecule has 1 heterocycles. The lowest BCUT2D eigenvalue weighted by molar-refractivity contribution is -0.137. The Labute approximate surface area is 212 Å². The molecule has 0 unspecified atom stereocenters. The average molecular weight is 519 g/mol. The van der Waals surface area contributed by atoms with Gasteiger partial charge in [0.05, 0.1) is 10.0 Å². The number of carboxylic acids is 1. The maximum absolute atomic E-state index is 13.3. The molecule has 1 aliphatic heterocycles. The molecule has 1 aliphatic rings. The van der Waals surface area contributed by atoms with Crippen LogP contribution in [-0.4, -0.2) is 34.0 Å². The fourth-order valence-corrected chi connectivity index (χ4v) is 4.64. The van der Waals surface area contributed by atoms with Crippen molar-refractivity contribution in [2.45, 2.75) is 31.9 Å². The van der Waals surface area contributed by atoms with Crippen LogP contribution in [0.15, 0.2) is 60.7 Å². The second-order valence-corrected chi connectivity index (χ2v) is 9.91. The van der Waals surface area contributed by atoms with Gasteiger partial charge < -0.3 is 14.7 Å². The third kappa shape index (κ3) is 5.66. The van der Waals surface area contributed by atoms with Crippen molar-refractivity contribution in [3.8, 4) is 5.75 Å². The van der Waals surface area contributed by atoms with Crippen LogP contribution >= 0.6 is 34.8 Å². The van der Waals surface area contributed by atoms with Gasteiger partial charge in [0.15, 0.2) is 0 Å². The summed E-state index contributed by atoms with van der Waals surface area (Å²) < 4.78 is 6.23. The molecule has 34 heavy (non-hydrogen) atoms. The molecule has 1 atom stereocenters. The Morgan fingerprint density at radius 3 is 2.35 bits per heavy atom. The molecule has 5 nitrogen and oxygen atoms in total. The van der Waals surface area contributed by atoms with Crippen LogP contribution in [0.1, 0.15) is 34.0 Å². The van der Waals surface area contributed by atoms with E-state index in [2.05, 4.69) is 0 Å². The highest BCUT2D eigenvalue weighted by atomic mass is 35.5. The highest BCUT2D eigenvalue weighted by molar-refractivity contribution is 6.42. The van der Waals surface area contributed by atoms with Crippen LogP contribution in [0.25, 0.3) is 0 Å². The topological polar surface area (TPSA) is 66.8 Å². The quantitative estimate of drug-likeness (QED) is 0.398. The molecular weight excluding hydrogens is 497 g/mol. The number of nitrogens with zero attached hydrogens (tertiary/aromatic N) is 1. The first-order valence-electron chi connectivity index (χ1n) is 10.6. The summed E-state index contributed by atoms with van der Waals surface area (Å²) in [4.78, 5) is 26.0. The second kappa shape index (κ2) is 9.87. The van der Waals surface area contributed by atoms with E-state index >= 15 is 0 Å². The Bertz CT molecular complexity index is 1250. The molecule has 4 rings (SSSR count). The summed E-state index contributed by atoms with van der Waals surface area (Å²) in [5, 5.41) is 10.8. The van der Waals surface area contributed by atoms with Gasteiger partial charge in [-0.15, -0.1) is 0 Å². The second-order valence-electron chi connectivity index (χ2n) is 8.66. The summed E-state index contributed by atoms with van der Waals surface area (Å²) in [6.07, 6.45) is 1.31. The summed E-state index contributed by atoms with van der Waals surface area (Å²) in [7, 11) is 0. The van der Waals surface area contributed by atoms with Crippen LogP contribution < -0.4 is 4.74 Å². The van der Waals surface area contributed by atoms with Gasteiger partial charge in [-0.2, -0.15) is 0 Å². The number of rotatable bonds is 7. The zero-order valence-electron chi connectivity index (χ0n) is 18.4. The molecule has 0 bridgehead atoms. The zero-order valence-corrected chi connectivity index (χ0v) is 20.6. The summed E-state index contributed by atoms with van der Waals surface area (Å²) in [6.45, 7) is 1.68. The van der Waals surface area contributed by atoms with Gasteiger partial charge in [0.1, 0.15) is 17.9 Å². The summed E-state index contributed by atoms with van der Waals surface area (Å²) in [6, 6.07) is 17.8. The molecule has 0 saturated carbocycles. The zero-order chi connectivity index (χ0) is 24.5. The lowest BCUT2D eigenvalue weighted by Gasteiger charge is -2.24. The van der Waals surface area contributed by atoms with Crippen molar-refractivity contribution in [1.29, 1.82) is 0 Å². The number of benzene rings is 3. The number of fused-ring (bicyclic) bond motifs is 1. The third-order valence-electron chi connectivity index (χ3n) is 5.69. The maximum atomic E-state index is 13.3. The number of carbonyl (C=O) groups is 2. The Morgan fingerprint density at radius 1 is 0.971 bits per heavy atom. The molecule has 3 aromatic rings. The van der Waals surface area contributed by atoms with Crippen molar-refractivity contribution >= 4 is 46.7 Å². The first-order valence-corrected chi connectivity index (χ1v) is 11.8. The van der Waals surface area contributed by atoms with E-state index < -0.39 is 18.1 Å². The standard InChI is InChI=1S/C26H22Cl3NO4/c1-26(12-16-2-6-20(27)7-3-16)13-19-11-18(5-9-23(19)34-26)25(33)30(15-24(31)32)14-17-4-8-21(28)22(29)10-17/h2-11H,12-15H2,1H3,(H,31,32)/t26-/m1/s1. The van der Waals surface area contributed by atoms with Crippen molar-refractivity contribution in [3.63, 3.8) is 0 Å². The molecular formula is C26H22Cl3NO4. The maximum Gasteiger partial charge on any atom is 0.323 e. The molecule has 8 heteroatoms. The number of amides is 1. The molecule has 1 N–H and O–H groups in total. The highest BCUT2D eigenvalue weighted by Crippen LogP contribution is 2.38. The van der Waals surface area contributed by atoms with Crippen LogP contribution in [0, 0.1) is 0 Å². The minimum absolute atomic E-state index is 0.0872. The SMILES string of the molecule is C[C@@]1(Cc2ccc(Cl)cc2)Cc2cc(C(=O)N(CC(=O)O)Cc3ccc(Cl)c(Cl)c3)ccc2O1. The van der Waals surface area contributed by atoms with E-state index in [0.29, 0.717) is 39.0 Å². The molecule has 0 radical (unpaired) electrons. The van der Waals surface area contributed by atoms with Crippen LogP contribution in [0.2, 0.25) is 15.1 Å². The van der Waals surface area contributed by atoms with Crippen molar-refractivity contribution in [2.75, 3.05) is 6.54 Å². The summed E-state index contributed by atoms with van der Waals surface area (Å²) in [5.41, 5.74) is 2.64. The predicted molar refractivity (Wildman–Crippen MR) is 133 cm³/mol. The van der Waals surface area contributed by atoms with E-state index in [4.69, 9.17) is 39.5 Å². The molecule has 0 aromatic heterocycles. The van der Waals surface area contributed by atoms with Gasteiger partial charge in [-0.05, 0) is 66.1 Å². The molecule has 3 aromatic carbocycles. The smallest absolute Gasteiger partial charge is 0.323 e. The van der Waals surface area contributed by atoms with Gasteiger partial charge in [0.2, 0.25) is 0 Å². The van der Waals surface area contributed by atoms with E-state index in [9.17, 15) is 14.7 Å². The largest absolute Gasteiger partial charge is 0.487 e. The first-order chi connectivity index (χ1) is 16.1. The Kier molecular flexibility index (Phi) is 7.08.